The SMILES string of the molecule is O=C(CCn1nnc2ccccc2c1=O)NC1CCN2CCCCC12. The van der Waals surface area contributed by atoms with Gasteiger partial charge >= 0.3 is 0 Å². The Kier molecular flexibility index (Phi) is 4.48. The second-order valence-corrected chi connectivity index (χ2v) is 6.95. The minimum atomic E-state index is -0.197. The molecular formula is C18H23N5O2. The molecule has 0 aliphatic carbocycles. The van der Waals surface area contributed by atoms with Gasteiger partial charge in [0.15, 0.2) is 0 Å². The zero-order valence-corrected chi connectivity index (χ0v) is 14.2. The van der Waals surface area contributed by atoms with Crippen LogP contribution in [0.1, 0.15) is 32.1 Å². The average molecular weight is 341 g/mol. The number of rotatable bonds is 4. The third kappa shape index (κ3) is 3.28. The molecule has 7 heteroatoms. The molecule has 25 heavy (non-hydrogen) atoms. The highest BCUT2D eigenvalue weighted by molar-refractivity contribution is 5.77. The molecule has 2 unspecified atom stereocenters. The summed E-state index contributed by atoms with van der Waals surface area (Å²) < 4.78 is 1.28. The van der Waals surface area contributed by atoms with Gasteiger partial charge in [-0.05, 0) is 37.9 Å². The largest absolute Gasteiger partial charge is 0.352 e. The number of carbonyl (C=O) groups is 1. The van der Waals surface area contributed by atoms with Crippen LogP contribution in [-0.4, -0.2) is 51.0 Å². The van der Waals surface area contributed by atoms with Crippen LogP contribution in [0.15, 0.2) is 29.1 Å². The van der Waals surface area contributed by atoms with Gasteiger partial charge in [0.05, 0.1) is 11.9 Å². The maximum Gasteiger partial charge on any atom is 0.277 e. The standard InChI is InChI=1S/C18H23N5O2/c24-17(19-15-8-11-22-10-4-3-7-16(15)22)9-12-23-18(25)13-5-1-2-6-14(13)20-21-23/h1-2,5-6,15-16H,3-4,7-12H2,(H,19,24). The highest BCUT2D eigenvalue weighted by Gasteiger charge is 2.36. The van der Waals surface area contributed by atoms with Crippen LogP contribution >= 0.6 is 0 Å². The van der Waals surface area contributed by atoms with Crippen molar-refractivity contribution >= 4 is 16.8 Å². The molecular weight excluding hydrogens is 318 g/mol. The van der Waals surface area contributed by atoms with Gasteiger partial charge in [0.1, 0.15) is 5.52 Å². The Bertz CT molecular complexity index is 834. The monoisotopic (exact) mass is 341 g/mol. The lowest BCUT2D eigenvalue weighted by Gasteiger charge is -2.32. The molecule has 0 bridgehead atoms. The Balaban J connectivity index is 1.38. The van der Waals surface area contributed by atoms with Gasteiger partial charge in [-0.15, -0.1) is 5.10 Å². The van der Waals surface area contributed by atoms with E-state index < -0.39 is 0 Å². The van der Waals surface area contributed by atoms with E-state index in [4.69, 9.17) is 0 Å². The molecule has 2 fully saturated rings. The van der Waals surface area contributed by atoms with E-state index in [1.807, 2.05) is 6.07 Å². The van der Waals surface area contributed by atoms with Crippen molar-refractivity contribution < 1.29 is 4.79 Å². The number of hydrogen-bond donors (Lipinski definition) is 1. The number of piperidine rings is 1. The summed E-state index contributed by atoms with van der Waals surface area (Å²) >= 11 is 0. The number of aromatic nitrogens is 3. The fourth-order valence-electron chi connectivity index (χ4n) is 4.07. The Morgan fingerprint density at radius 2 is 2.08 bits per heavy atom. The first-order valence-electron chi connectivity index (χ1n) is 9.08. The molecule has 3 heterocycles. The van der Waals surface area contributed by atoms with E-state index in [1.165, 1.54) is 23.9 Å². The fourth-order valence-corrected chi connectivity index (χ4v) is 4.07. The van der Waals surface area contributed by atoms with Crippen LogP contribution in [0.4, 0.5) is 0 Å². The maximum atomic E-state index is 12.4. The highest BCUT2D eigenvalue weighted by atomic mass is 16.2. The Hall–Kier alpha value is -2.28. The summed E-state index contributed by atoms with van der Waals surface area (Å²) in [6.07, 6.45) is 4.94. The average Bonchev–Trinajstić information content (AvgIpc) is 3.04. The highest BCUT2D eigenvalue weighted by Crippen LogP contribution is 2.27. The van der Waals surface area contributed by atoms with Crippen LogP contribution in [0, 0.1) is 0 Å². The van der Waals surface area contributed by atoms with Gasteiger partial charge in [0.25, 0.3) is 5.56 Å². The lowest BCUT2D eigenvalue weighted by Crippen LogP contribution is -2.47. The predicted molar refractivity (Wildman–Crippen MR) is 94.2 cm³/mol. The normalized spacial score (nSPS) is 23.5. The molecule has 0 radical (unpaired) electrons. The number of aryl methyl sites for hydroxylation is 1. The molecule has 0 saturated carbocycles. The minimum Gasteiger partial charge on any atom is -0.352 e. The van der Waals surface area contributed by atoms with Crippen molar-refractivity contribution in [2.45, 2.75) is 50.7 Å². The van der Waals surface area contributed by atoms with E-state index in [9.17, 15) is 9.59 Å². The number of carbonyl (C=O) groups excluding carboxylic acids is 1. The number of nitrogens with one attached hydrogen (secondary N) is 1. The van der Waals surface area contributed by atoms with Crippen LogP contribution in [0.2, 0.25) is 0 Å². The fraction of sp³-hybridized carbons (Fsp3) is 0.556. The van der Waals surface area contributed by atoms with Crippen molar-refractivity contribution in [1.29, 1.82) is 0 Å². The van der Waals surface area contributed by atoms with Gasteiger partial charge in [-0.25, -0.2) is 4.68 Å². The van der Waals surface area contributed by atoms with Gasteiger partial charge in [-0.3, -0.25) is 14.5 Å². The minimum absolute atomic E-state index is 0.0146. The summed E-state index contributed by atoms with van der Waals surface area (Å²) in [4.78, 5) is 27.2. The first-order valence-corrected chi connectivity index (χ1v) is 9.08. The molecule has 1 aromatic heterocycles. The van der Waals surface area contributed by atoms with E-state index in [0.29, 0.717) is 16.9 Å². The summed E-state index contributed by atoms with van der Waals surface area (Å²) in [6, 6.07) is 7.85. The third-order valence-corrected chi connectivity index (χ3v) is 5.38. The smallest absolute Gasteiger partial charge is 0.277 e. The molecule has 2 aliphatic rings. The van der Waals surface area contributed by atoms with Crippen molar-refractivity contribution in [3.05, 3.63) is 34.6 Å². The van der Waals surface area contributed by atoms with E-state index >= 15 is 0 Å². The summed E-state index contributed by atoms with van der Waals surface area (Å²) in [7, 11) is 0. The molecule has 4 rings (SSSR count). The zero-order valence-electron chi connectivity index (χ0n) is 14.2. The molecule has 0 spiro atoms. The molecule has 7 nitrogen and oxygen atoms in total. The van der Waals surface area contributed by atoms with Crippen LogP contribution in [0.3, 0.4) is 0 Å². The first kappa shape index (κ1) is 16.2. The Morgan fingerprint density at radius 1 is 1.20 bits per heavy atom. The number of amides is 1. The van der Waals surface area contributed by atoms with Crippen molar-refractivity contribution in [1.82, 2.24) is 25.2 Å². The predicted octanol–water partition coefficient (Wildman–Crippen LogP) is 0.925. The van der Waals surface area contributed by atoms with Crippen LogP contribution < -0.4 is 10.9 Å². The number of hydrogen-bond acceptors (Lipinski definition) is 5. The number of benzene rings is 1. The van der Waals surface area contributed by atoms with Gasteiger partial charge in [0, 0.05) is 25.0 Å². The van der Waals surface area contributed by atoms with Crippen molar-refractivity contribution in [2.24, 2.45) is 0 Å². The maximum absolute atomic E-state index is 12.4. The van der Waals surface area contributed by atoms with E-state index in [0.717, 1.165) is 19.5 Å². The van der Waals surface area contributed by atoms with Crippen LogP contribution in [-0.2, 0) is 11.3 Å². The van der Waals surface area contributed by atoms with Crippen molar-refractivity contribution in [3.63, 3.8) is 0 Å². The molecule has 1 aromatic carbocycles. The molecule has 1 N–H and O–H groups in total. The summed E-state index contributed by atoms with van der Waals surface area (Å²) in [5, 5.41) is 11.7. The molecule has 1 amide bonds. The topological polar surface area (TPSA) is 80.1 Å². The van der Waals surface area contributed by atoms with E-state index in [2.05, 4.69) is 20.5 Å². The second kappa shape index (κ2) is 6.92. The van der Waals surface area contributed by atoms with Gasteiger partial charge in [-0.2, -0.15) is 0 Å². The summed E-state index contributed by atoms with van der Waals surface area (Å²) in [6.45, 7) is 2.48. The third-order valence-electron chi connectivity index (χ3n) is 5.38. The number of nitrogens with zero attached hydrogens (tertiary/aromatic N) is 4. The molecule has 2 saturated heterocycles. The quantitative estimate of drug-likeness (QED) is 0.895. The van der Waals surface area contributed by atoms with Gasteiger partial charge < -0.3 is 5.32 Å². The number of fused-ring (bicyclic) bond motifs is 2. The molecule has 2 aromatic rings. The second-order valence-electron chi connectivity index (χ2n) is 6.95. The Labute approximate surface area is 146 Å². The molecule has 2 atom stereocenters. The Morgan fingerprint density at radius 3 is 3.00 bits per heavy atom. The van der Waals surface area contributed by atoms with Crippen molar-refractivity contribution in [2.75, 3.05) is 13.1 Å². The van der Waals surface area contributed by atoms with Crippen LogP contribution in [0.5, 0.6) is 0 Å². The van der Waals surface area contributed by atoms with Crippen molar-refractivity contribution in [3.8, 4) is 0 Å². The lowest BCUT2D eigenvalue weighted by atomic mass is 9.99. The molecule has 132 valence electrons. The van der Waals surface area contributed by atoms with Crippen LogP contribution in [0.25, 0.3) is 10.9 Å². The summed E-state index contributed by atoms with van der Waals surface area (Å²) in [5.41, 5.74) is 0.384. The van der Waals surface area contributed by atoms with Gasteiger partial charge in [0.2, 0.25) is 5.91 Å². The molecule has 2 aliphatic heterocycles. The van der Waals surface area contributed by atoms with E-state index in [-0.39, 0.29) is 30.5 Å². The first-order chi connectivity index (χ1) is 12.2. The van der Waals surface area contributed by atoms with E-state index in [1.54, 1.807) is 18.2 Å². The zero-order chi connectivity index (χ0) is 17.2. The summed E-state index contributed by atoms with van der Waals surface area (Å²) in [5.74, 6) is -0.0146. The van der Waals surface area contributed by atoms with Gasteiger partial charge in [-0.1, -0.05) is 23.8 Å². The lowest BCUT2D eigenvalue weighted by molar-refractivity contribution is -0.122.